The lowest BCUT2D eigenvalue weighted by molar-refractivity contribution is -0.113. The van der Waals surface area contributed by atoms with Gasteiger partial charge in [-0.3, -0.25) is 14.2 Å². The van der Waals surface area contributed by atoms with Crippen molar-refractivity contribution in [2.75, 3.05) is 56.5 Å². The summed E-state index contributed by atoms with van der Waals surface area (Å²) in [6, 6.07) is 21.0. The molecule has 208 valence electrons. The number of nitrogens with one attached hydrogen (secondary N) is 1. The van der Waals surface area contributed by atoms with Crippen molar-refractivity contribution < 1.29 is 19.0 Å². The van der Waals surface area contributed by atoms with Crippen LogP contribution in [0.2, 0.25) is 0 Å². The molecule has 4 aromatic rings. The van der Waals surface area contributed by atoms with Crippen molar-refractivity contribution >= 4 is 39.9 Å². The Hall–Kier alpha value is -4.02. The average Bonchev–Trinajstić information content (AvgIpc) is 3.00. The zero-order chi connectivity index (χ0) is 27.9. The van der Waals surface area contributed by atoms with Gasteiger partial charge in [-0.15, -0.1) is 0 Å². The number of methoxy groups -OCH3 is 2. The number of hydrogen-bond donors (Lipinski definition) is 1. The Kier molecular flexibility index (Phi) is 8.87. The Bertz CT molecular complexity index is 1540. The largest absolute Gasteiger partial charge is 0.497 e. The van der Waals surface area contributed by atoms with Crippen LogP contribution >= 0.6 is 11.8 Å². The van der Waals surface area contributed by atoms with Gasteiger partial charge in [0, 0.05) is 31.4 Å². The Morgan fingerprint density at radius 2 is 1.82 bits per heavy atom. The third-order valence-electron chi connectivity index (χ3n) is 6.76. The van der Waals surface area contributed by atoms with Crippen LogP contribution < -0.4 is 25.2 Å². The molecule has 1 aliphatic heterocycles. The minimum absolute atomic E-state index is 0.0650. The molecule has 40 heavy (non-hydrogen) atoms. The number of benzene rings is 3. The molecule has 1 amide bonds. The topological polar surface area (TPSA) is 94.9 Å². The van der Waals surface area contributed by atoms with Crippen molar-refractivity contribution in [3.05, 3.63) is 82.6 Å². The number of rotatable bonds is 10. The highest BCUT2D eigenvalue weighted by Gasteiger charge is 2.17. The van der Waals surface area contributed by atoms with Gasteiger partial charge in [-0.05, 0) is 42.3 Å². The van der Waals surface area contributed by atoms with Gasteiger partial charge in [0.15, 0.2) is 5.16 Å². The second-order valence-electron chi connectivity index (χ2n) is 9.29. The normalized spacial score (nSPS) is 13.3. The second-order valence-corrected chi connectivity index (χ2v) is 10.2. The van der Waals surface area contributed by atoms with Gasteiger partial charge in [0.25, 0.3) is 5.56 Å². The number of morpholine rings is 1. The number of carbonyl (C=O) groups excluding carboxylic acids is 1. The van der Waals surface area contributed by atoms with Crippen molar-refractivity contribution in [3.8, 4) is 11.5 Å². The van der Waals surface area contributed by atoms with Crippen LogP contribution in [0.5, 0.6) is 11.5 Å². The van der Waals surface area contributed by atoms with E-state index in [1.54, 1.807) is 37.0 Å². The molecular weight excluding hydrogens is 528 g/mol. The van der Waals surface area contributed by atoms with Crippen LogP contribution in [-0.2, 0) is 22.5 Å². The molecule has 2 heterocycles. The molecule has 0 aliphatic carbocycles. The van der Waals surface area contributed by atoms with E-state index in [4.69, 9.17) is 19.2 Å². The number of carbonyl (C=O) groups is 1. The zero-order valence-corrected chi connectivity index (χ0v) is 23.4. The maximum Gasteiger partial charge on any atom is 0.262 e. The summed E-state index contributed by atoms with van der Waals surface area (Å²) in [4.78, 5) is 33.8. The number of thioether (sulfide) groups is 1. The summed E-state index contributed by atoms with van der Waals surface area (Å²) in [5, 5.41) is 3.95. The van der Waals surface area contributed by atoms with Crippen LogP contribution in [-0.4, -0.2) is 61.7 Å². The first-order chi connectivity index (χ1) is 19.6. The minimum Gasteiger partial charge on any atom is -0.497 e. The van der Waals surface area contributed by atoms with E-state index in [1.807, 2.05) is 48.5 Å². The highest BCUT2D eigenvalue weighted by molar-refractivity contribution is 7.99. The number of ether oxygens (including phenoxy) is 3. The first-order valence-electron chi connectivity index (χ1n) is 13.1. The Morgan fingerprint density at radius 1 is 1.02 bits per heavy atom. The molecule has 1 N–H and O–H groups in total. The van der Waals surface area contributed by atoms with E-state index in [0.29, 0.717) is 59.4 Å². The molecule has 0 saturated carbocycles. The molecule has 0 unspecified atom stereocenters. The number of aromatic nitrogens is 2. The molecule has 0 radical (unpaired) electrons. The SMILES string of the molecule is COc1ccc(OC)c(NC(=O)CSc2nc3ccc(N4CCOCC4)cc3c(=O)n2CCc2ccccc2)c1. The smallest absolute Gasteiger partial charge is 0.262 e. The van der Waals surface area contributed by atoms with Crippen molar-refractivity contribution in [1.29, 1.82) is 0 Å². The third kappa shape index (κ3) is 6.40. The number of hydrogen-bond acceptors (Lipinski definition) is 8. The fourth-order valence-electron chi connectivity index (χ4n) is 4.63. The maximum atomic E-state index is 13.8. The van der Waals surface area contributed by atoms with Gasteiger partial charge < -0.3 is 24.4 Å². The lowest BCUT2D eigenvalue weighted by atomic mass is 10.1. The van der Waals surface area contributed by atoms with Gasteiger partial charge in [0.05, 0.1) is 49.8 Å². The van der Waals surface area contributed by atoms with Crippen molar-refractivity contribution in [1.82, 2.24) is 9.55 Å². The highest BCUT2D eigenvalue weighted by atomic mass is 32.2. The molecule has 0 atom stereocenters. The van der Waals surface area contributed by atoms with E-state index >= 15 is 0 Å². The first kappa shape index (κ1) is 27.5. The fraction of sp³-hybridized carbons (Fsp3) is 0.300. The van der Waals surface area contributed by atoms with E-state index in [1.165, 1.54) is 11.8 Å². The second kappa shape index (κ2) is 12.9. The molecule has 9 nitrogen and oxygen atoms in total. The van der Waals surface area contributed by atoms with Gasteiger partial charge in [-0.2, -0.15) is 0 Å². The van der Waals surface area contributed by atoms with E-state index in [-0.39, 0.29) is 17.2 Å². The van der Waals surface area contributed by atoms with Crippen molar-refractivity contribution in [3.63, 3.8) is 0 Å². The number of nitrogens with zero attached hydrogens (tertiary/aromatic N) is 3. The van der Waals surface area contributed by atoms with Gasteiger partial charge in [0.2, 0.25) is 5.91 Å². The zero-order valence-electron chi connectivity index (χ0n) is 22.6. The average molecular weight is 561 g/mol. The fourth-order valence-corrected chi connectivity index (χ4v) is 5.45. The molecule has 3 aromatic carbocycles. The monoisotopic (exact) mass is 560 g/mol. The van der Waals surface area contributed by atoms with Crippen LogP contribution in [0.4, 0.5) is 11.4 Å². The maximum absolute atomic E-state index is 13.8. The van der Waals surface area contributed by atoms with Gasteiger partial charge in [0.1, 0.15) is 11.5 Å². The highest BCUT2D eigenvalue weighted by Crippen LogP contribution is 2.29. The van der Waals surface area contributed by atoms with Crippen LogP contribution in [0.25, 0.3) is 10.9 Å². The molecule has 10 heteroatoms. The van der Waals surface area contributed by atoms with Crippen LogP contribution in [0.3, 0.4) is 0 Å². The summed E-state index contributed by atoms with van der Waals surface area (Å²) in [6.45, 7) is 3.33. The molecule has 1 fully saturated rings. The van der Waals surface area contributed by atoms with Gasteiger partial charge in [-0.25, -0.2) is 4.98 Å². The number of fused-ring (bicyclic) bond motifs is 1. The van der Waals surface area contributed by atoms with E-state index in [9.17, 15) is 9.59 Å². The molecular formula is C30H32N4O5S. The molecule has 0 spiro atoms. The van der Waals surface area contributed by atoms with Crippen LogP contribution in [0.1, 0.15) is 5.56 Å². The molecule has 5 rings (SSSR count). The molecule has 1 saturated heterocycles. The number of anilines is 2. The van der Waals surface area contributed by atoms with E-state index in [2.05, 4.69) is 10.2 Å². The van der Waals surface area contributed by atoms with Crippen LogP contribution in [0, 0.1) is 0 Å². The van der Waals surface area contributed by atoms with Crippen LogP contribution in [0.15, 0.2) is 76.7 Å². The molecule has 0 bridgehead atoms. The number of aryl methyl sites for hydroxylation is 1. The number of amides is 1. The predicted molar refractivity (Wildman–Crippen MR) is 158 cm³/mol. The van der Waals surface area contributed by atoms with Gasteiger partial charge >= 0.3 is 0 Å². The molecule has 1 aliphatic rings. The van der Waals surface area contributed by atoms with Crippen molar-refractivity contribution in [2.45, 2.75) is 18.1 Å². The standard InChI is InChI=1S/C30H32N4O5S/c1-37-23-9-11-27(38-2)26(19-23)31-28(35)20-40-30-32-25-10-8-22(33-14-16-39-17-15-33)18-24(25)29(36)34(30)13-12-21-6-4-3-5-7-21/h3-11,18-19H,12-17,20H2,1-2H3,(H,31,35). The summed E-state index contributed by atoms with van der Waals surface area (Å²) in [7, 11) is 3.11. The summed E-state index contributed by atoms with van der Waals surface area (Å²) >= 11 is 1.24. The summed E-state index contributed by atoms with van der Waals surface area (Å²) < 4.78 is 17.8. The van der Waals surface area contributed by atoms with Crippen molar-refractivity contribution in [2.24, 2.45) is 0 Å². The Balaban J connectivity index is 1.42. The molecule has 1 aromatic heterocycles. The van der Waals surface area contributed by atoms with E-state index < -0.39 is 0 Å². The predicted octanol–water partition coefficient (Wildman–Crippen LogP) is 4.22. The quantitative estimate of drug-likeness (QED) is 0.228. The minimum atomic E-state index is -0.247. The lowest BCUT2D eigenvalue weighted by Crippen LogP contribution is -2.36. The summed E-state index contributed by atoms with van der Waals surface area (Å²) in [5.74, 6) is 0.948. The summed E-state index contributed by atoms with van der Waals surface area (Å²) in [6.07, 6.45) is 0.665. The lowest BCUT2D eigenvalue weighted by Gasteiger charge is -2.29. The van der Waals surface area contributed by atoms with Gasteiger partial charge in [-0.1, -0.05) is 42.1 Å². The first-order valence-corrected chi connectivity index (χ1v) is 14.1. The Labute approximate surface area is 237 Å². The third-order valence-corrected chi connectivity index (χ3v) is 7.74. The van der Waals surface area contributed by atoms with E-state index in [0.717, 1.165) is 24.3 Å². The summed E-state index contributed by atoms with van der Waals surface area (Å²) in [5.41, 5.74) is 3.10. The Morgan fingerprint density at radius 3 is 2.58 bits per heavy atom.